The van der Waals surface area contributed by atoms with Gasteiger partial charge in [0.2, 0.25) is 0 Å². The van der Waals surface area contributed by atoms with E-state index in [0.717, 1.165) is 0 Å². The predicted octanol–water partition coefficient (Wildman–Crippen LogP) is -2.87. The molecular formula is C2H5LiO3S. The molecule has 5 heteroatoms. The Morgan fingerprint density at radius 1 is 1.71 bits per heavy atom. The number of hydrogen-bond donors (Lipinski definition) is 1. The molecule has 38 valence electrons. The molecule has 0 heterocycles. The van der Waals surface area contributed by atoms with E-state index in [1.807, 2.05) is 0 Å². The van der Waals surface area contributed by atoms with Gasteiger partial charge in [-0.2, -0.15) is 8.42 Å². The summed E-state index contributed by atoms with van der Waals surface area (Å²) in [6.07, 6.45) is 0. The summed E-state index contributed by atoms with van der Waals surface area (Å²) < 4.78 is 26.6. The summed E-state index contributed by atoms with van der Waals surface area (Å²) in [6, 6.07) is 0. The summed E-state index contributed by atoms with van der Waals surface area (Å²) in [4.78, 5) is 0. The fourth-order valence-electron chi connectivity index (χ4n) is 0. The number of rotatable bonds is 1. The minimum Gasteiger partial charge on any atom is -1.00 e. The number of hydrogen-bond acceptors (Lipinski definition) is 2. The first-order chi connectivity index (χ1) is 2.56. The third-order valence-electron chi connectivity index (χ3n) is 0.211. The Hall–Kier alpha value is 0.247. The summed E-state index contributed by atoms with van der Waals surface area (Å²) in [7, 11) is -3.90. The van der Waals surface area contributed by atoms with Crippen LogP contribution in [0.2, 0.25) is 0 Å². The van der Waals surface area contributed by atoms with Gasteiger partial charge in [-0.3, -0.25) is 4.55 Å². The molecule has 1 N–H and O–H groups in total. The van der Waals surface area contributed by atoms with Gasteiger partial charge in [0.1, 0.15) is 0 Å². The van der Waals surface area contributed by atoms with E-state index < -0.39 is 10.1 Å². The quantitative estimate of drug-likeness (QED) is 0.296. The Bertz CT molecular complexity index is 128. The first kappa shape index (κ1) is 10.3. The fraction of sp³-hybridized carbons (Fsp3) is 0. The second-order valence-corrected chi connectivity index (χ2v) is 2.04. The van der Waals surface area contributed by atoms with E-state index in [1.165, 1.54) is 0 Å². The van der Waals surface area contributed by atoms with Gasteiger partial charge >= 0.3 is 18.9 Å². The van der Waals surface area contributed by atoms with Crippen LogP contribution in [0, 0.1) is 0 Å². The summed E-state index contributed by atoms with van der Waals surface area (Å²) in [6.45, 7) is 2.79. The molecule has 0 atom stereocenters. The molecular weight excluding hydrogens is 111 g/mol. The molecule has 0 aliphatic rings. The first-order valence-electron chi connectivity index (χ1n) is 1.16. The van der Waals surface area contributed by atoms with Crippen LogP contribution in [-0.4, -0.2) is 13.0 Å². The minimum absolute atomic E-state index is 0. The Morgan fingerprint density at radius 2 is 1.86 bits per heavy atom. The van der Waals surface area contributed by atoms with E-state index in [4.69, 9.17) is 4.55 Å². The van der Waals surface area contributed by atoms with Crippen molar-refractivity contribution < 1.29 is 33.3 Å². The second kappa shape index (κ2) is 3.28. The third-order valence-corrected chi connectivity index (χ3v) is 0.632. The molecule has 7 heavy (non-hydrogen) atoms. The average Bonchev–Trinajstić information content (AvgIpc) is 1.35. The van der Waals surface area contributed by atoms with Crippen LogP contribution in [0.5, 0.6) is 0 Å². The molecule has 0 aliphatic heterocycles. The van der Waals surface area contributed by atoms with Gasteiger partial charge in [-0.25, -0.2) is 0 Å². The van der Waals surface area contributed by atoms with Crippen LogP contribution in [0.25, 0.3) is 0 Å². The van der Waals surface area contributed by atoms with Gasteiger partial charge in [-0.05, 0) is 0 Å². The molecule has 0 unspecified atom stereocenters. The SMILES string of the molecule is C=CS(=O)(=O)O.[H-].[Li+]. The fourth-order valence-corrected chi connectivity index (χ4v) is 0. The molecule has 0 saturated carbocycles. The Labute approximate surface area is 55.8 Å². The second-order valence-electron chi connectivity index (χ2n) is 0.682. The van der Waals surface area contributed by atoms with Crippen LogP contribution < -0.4 is 18.9 Å². The molecule has 3 nitrogen and oxygen atoms in total. The van der Waals surface area contributed by atoms with Gasteiger partial charge in [0, 0.05) is 0 Å². The maximum Gasteiger partial charge on any atom is 1.00 e. The molecule has 0 aromatic carbocycles. The van der Waals surface area contributed by atoms with Gasteiger partial charge in [0.15, 0.2) is 0 Å². The van der Waals surface area contributed by atoms with Crippen LogP contribution in [0.1, 0.15) is 1.43 Å². The van der Waals surface area contributed by atoms with E-state index in [1.54, 1.807) is 0 Å². The van der Waals surface area contributed by atoms with Crippen LogP contribution in [0.3, 0.4) is 0 Å². The van der Waals surface area contributed by atoms with Gasteiger partial charge in [0.25, 0.3) is 10.1 Å². The summed E-state index contributed by atoms with van der Waals surface area (Å²) >= 11 is 0. The smallest absolute Gasteiger partial charge is 1.00 e. The van der Waals surface area contributed by atoms with Gasteiger partial charge in [0.05, 0.1) is 5.41 Å². The predicted molar refractivity (Wildman–Crippen MR) is 22.9 cm³/mol. The van der Waals surface area contributed by atoms with Crippen molar-refractivity contribution in [1.82, 2.24) is 0 Å². The Morgan fingerprint density at radius 3 is 1.86 bits per heavy atom. The van der Waals surface area contributed by atoms with E-state index >= 15 is 0 Å². The monoisotopic (exact) mass is 116 g/mol. The van der Waals surface area contributed by atoms with Crippen LogP contribution in [-0.2, 0) is 10.1 Å². The summed E-state index contributed by atoms with van der Waals surface area (Å²) in [5.41, 5.74) is 0. The standard InChI is InChI=1S/C2H4O3S.Li.H/c1-2-6(3,4)5;;/h2H,1H2,(H,3,4,5);;/q;+1;-1. The zero-order valence-corrected chi connectivity index (χ0v) is 4.77. The van der Waals surface area contributed by atoms with Gasteiger partial charge < -0.3 is 1.43 Å². The molecule has 0 aromatic heterocycles. The van der Waals surface area contributed by atoms with Crippen molar-refractivity contribution in [2.75, 3.05) is 0 Å². The maximum atomic E-state index is 9.44. The van der Waals surface area contributed by atoms with Crippen molar-refractivity contribution >= 4 is 10.1 Å². The van der Waals surface area contributed by atoms with Crippen molar-refractivity contribution in [3.05, 3.63) is 12.0 Å². The first-order valence-corrected chi connectivity index (χ1v) is 2.66. The van der Waals surface area contributed by atoms with E-state index in [9.17, 15) is 8.42 Å². The molecule has 0 amide bonds. The average molecular weight is 116 g/mol. The molecule has 0 radical (unpaired) electrons. The van der Waals surface area contributed by atoms with E-state index in [2.05, 4.69) is 6.58 Å². The normalized spacial score (nSPS) is 9.29. The Kier molecular flexibility index (Phi) is 4.81. The molecule has 0 rings (SSSR count). The largest absolute Gasteiger partial charge is 1.00 e. The van der Waals surface area contributed by atoms with Crippen LogP contribution in [0.4, 0.5) is 0 Å². The van der Waals surface area contributed by atoms with Crippen LogP contribution >= 0.6 is 0 Å². The molecule has 0 aromatic rings. The molecule has 0 fully saturated rings. The maximum absolute atomic E-state index is 9.44. The van der Waals surface area contributed by atoms with Crippen molar-refractivity contribution in [1.29, 1.82) is 0 Å². The van der Waals surface area contributed by atoms with Gasteiger partial charge in [-0.1, -0.05) is 6.58 Å². The minimum atomic E-state index is -3.90. The molecule has 0 saturated heterocycles. The molecule has 0 aliphatic carbocycles. The summed E-state index contributed by atoms with van der Waals surface area (Å²) in [5, 5.41) is 0.465. The van der Waals surface area contributed by atoms with E-state index in [-0.39, 0.29) is 20.3 Å². The zero-order valence-electron chi connectivity index (χ0n) is 4.96. The van der Waals surface area contributed by atoms with Crippen molar-refractivity contribution in [3.8, 4) is 0 Å². The van der Waals surface area contributed by atoms with Crippen molar-refractivity contribution in [3.63, 3.8) is 0 Å². The Balaban J connectivity index is -0.000000125. The molecule has 0 spiro atoms. The zero-order chi connectivity index (χ0) is 5.21. The molecule has 0 bridgehead atoms. The summed E-state index contributed by atoms with van der Waals surface area (Å²) in [5.74, 6) is 0. The van der Waals surface area contributed by atoms with Crippen LogP contribution in [0.15, 0.2) is 12.0 Å². The van der Waals surface area contributed by atoms with Crippen molar-refractivity contribution in [2.45, 2.75) is 0 Å². The topological polar surface area (TPSA) is 54.4 Å². The van der Waals surface area contributed by atoms with E-state index in [0.29, 0.717) is 5.41 Å². The van der Waals surface area contributed by atoms with Crippen molar-refractivity contribution in [2.24, 2.45) is 0 Å². The van der Waals surface area contributed by atoms with Gasteiger partial charge in [-0.15, -0.1) is 0 Å². The third kappa shape index (κ3) is 10.7.